The molecule has 2 nitrogen and oxygen atoms in total. The molecule has 1 aromatic carbocycles. The number of thiazole rings is 1. The van der Waals surface area contributed by atoms with Crippen molar-refractivity contribution in [2.24, 2.45) is 5.73 Å². The van der Waals surface area contributed by atoms with E-state index in [-0.39, 0.29) is 0 Å². The van der Waals surface area contributed by atoms with Gasteiger partial charge in [-0.1, -0.05) is 12.1 Å². The molecule has 16 heavy (non-hydrogen) atoms. The molecule has 3 rings (SSSR count). The maximum Gasteiger partial charge on any atom is 0.134 e. The maximum atomic E-state index is 5.62. The van der Waals surface area contributed by atoms with Crippen LogP contribution >= 0.6 is 22.7 Å². The SMILES string of the molecule is NCc1ccc2sc(-c3cccs3)nc2c1. The van der Waals surface area contributed by atoms with Crippen molar-refractivity contribution in [3.05, 3.63) is 41.3 Å². The molecule has 0 atom stereocenters. The van der Waals surface area contributed by atoms with E-state index in [1.807, 2.05) is 0 Å². The second-order valence-electron chi connectivity index (χ2n) is 3.50. The smallest absolute Gasteiger partial charge is 0.134 e. The molecule has 0 aliphatic rings. The normalized spacial score (nSPS) is 11.1. The molecule has 0 unspecified atom stereocenters. The lowest BCUT2D eigenvalue weighted by Gasteiger charge is -1.93. The Bertz CT molecular complexity index is 611. The van der Waals surface area contributed by atoms with E-state index in [4.69, 9.17) is 5.73 Å². The minimum atomic E-state index is 0.571. The number of thiophene rings is 1. The van der Waals surface area contributed by atoms with Crippen molar-refractivity contribution >= 4 is 32.9 Å². The third kappa shape index (κ3) is 1.65. The van der Waals surface area contributed by atoms with Gasteiger partial charge in [0, 0.05) is 6.54 Å². The van der Waals surface area contributed by atoms with E-state index in [1.54, 1.807) is 22.7 Å². The van der Waals surface area contributed by atoms with Crippen molar-refractivity contribution in [2.45, 2.75) is 6.54 Å². The Morgan fingerprint density at radius 2 is 2.19 bits per heavy atom. The predicted molar refractivity (Wildman–Crippen MR) is 70.8 cm³/mol. The molecule has 2 aromatic heterocycles. The molecule has 0 saturated carbocycles. The van der Waals surface area contributed by atoms with Crippen molar-refractivity contribution in [1.82, 2.24) is 4.98 Å². The van der Waals surface area contributed by atoms with Crippen LogP contribution in [0, 0.1) is 0 Å². The van der Waals surface area contributed by atoms with Crippen LogP contribution in [-0.4, -0.2) is 4.98 Å². The van der Waals surface area contributed by atoms with E-state index in [9.17, 15) is 0 Å². The van der Waals surface area contributed by atoms with Gasteiger partial charge in [-0.15, -0.1) is 22.7 Å². The van der Waals surface area contributed by atoms with E-state index in [0.717, 1.165) is 16.1 Å². The van der Waals surface area contributed by atoms with Gasteiger partial charge in [-0.25, -0.2) is 4.98 Å². The third-order valence-corrected chi connectivity index (χ3v) is 4.50. The summed E-state index contributed by atoms with van der Waals surface area (Å²) in [7, 11) is 0. The molecule has 0 aliphatic carbocycles. The first kappa shape index (κ1) is 9.96. The fourth-order valence-electron chi connectivity index (χ4n) is 1.61. The van der Waals surface area contributed by atoms with Crippen LogP contribution in [0.5, 0.6) is 0 Å². The van der Waals surface area contributed by atoms with Crippen LogP contribution in [-0.2, 0) is 6.54 Å². The largest absolute Gasteiger partial charge is 0.326 e. The molecule has 3 aromatic rings. The number of rotatable bonds is 2. The van der Waals surface area contributed by atoms with Crippen LogP contribution in [0.15, 0.2) is 35.7 Å². The summed E-state index contributed by atoms with van der Waals surface area (Å²) >= 11 is 3.46. The average molecular weight is 246 g/mol. The lowest BCUT2D eigenvalue weighted by Crippen LogP contribution is -1.94. The zero-order valence-corrected chi connectivity index (χ0v) is 10.1. The van der Waals surface area contributed by atoms with Crippen LogP contribution in [0.4, 0.5) is 0 Å². The first-order chi connectivity index (χ1) is 7.86. The summed E-state index contributed by atoms with van der Waals surface area (Å²) in [5.74, 6) is 0. The van der Waals surface area contributed by atoms with Gasteiger partial charge in [-0.05, 0) is 29.1 Å². The zero-order chi connectivity index (χ0) is 11.0. The van der Waals surface area contributed by atoms with Gasteiger partial charge in [-0.3, -0.25) is 0 Å². The van der Waals surface area contributed by atoms with Gasteiger partial charge in [0.25, 0.3) is 0 Å². The summed E-state index contributed by atoms with van der Waals surface area (Å²) < 4.78 is 1.22. The van der Waals surface area contributed by atoms with Crippen LogP contribution in [0.3, 0.4) is 0 Å². The molecule has 80 valence electrons. The second-order valence-corrected chi connectivity index (χ2v) is 5.48. The fraction of sp³-hybridized carbons (Fsp3) is 0.0833. The summed E-state index contributed by atoms with van der Waals surface area (Å²) in [6.07, 6.45) is 0. The number of nitrogens with zero attached hydrogens (tertiary/aromatic N) is 1. The summed E-state index contributed by atoms with van der Waals surface area (Å²) in [6, 6.07) is 10.4. The van der Waals surface area contributed by atoms with Gasteiger partial charge >= 0.3 is 0 Å². The van der Waals surface area contributed by atoms with E-state index in [1.165, 1.54) is 9.58 Å². The van der Waals surface area contributed by atoms with Crippen LogP contribution in [0.25, 0.3) is 20.1 Å². The van der Waals surface area contributed by atoms with Crippen LogP contribution in [0.1, 0.15) is 5.56 Å². The first-order valence-electron chi connectivity index (χ1n) is 5.00. The Hall–Kier alpha value is -1.23. The summed E-state index contributed by atoms with van der Waals surface area (Å²) in [5, 5.41) is 3.17. The topological polar surface area (TPSA) is 38.9 Å². The zero-order valence-electron chi connectivity index (χ0n) is 8.51. The molecule has 0 amide bonds. The first-order valence-corrected chi connectivity index (χ1v) is 6.70. The highest BCUT2D eigenvalue weighted by Crippen LogP contribution is 2.32. The van der Waals surface area contributed by atoms with Gasteiger partial charge in [0.15, 0.2) is 0 Å². The average Bonchev–Trinajstić information content (AvgIpc) is 2.96. The number of aromatic nitrogens is 1. The molecule has 2 heterocycles. The van der Waals surface area contributed by atoms with Gasteiger partial charge in [0.05, 0.1) is 15.1 Å². The van der Waals surface area contributed by atoms with Crippen molar-refractivity contribution in [2.75, 3.05) is 0 Å². The number of fused-ring (bicyclic) bond motifs is 1. The monoisotopic (exact) mass is 246 g/mol. The van der Waals surface area contributed by atoms with Crippen molar-refractivity contribution in [1.29, 1.82) is 0 Å². The minimum Gasteiger partial charge on any atom is -0.326 e. The maximum absolute atomic E-state index is 5.62. The number of benzene rings is 1. The molecule has 0 radical (unpaired) electrons. The van der Waals surface area contributed by atoms with Gasteiger partial charge in [0.2, 0.25) is 0 Å². The molecule has 0 bridgehead atoms. The molecular formula is C12H10N2S2. The number of hydrogen-bond acceptors (Lipinski definition) is 4. The molecular weight excluding hydrogens is 236 g/mol. The molecule has 0 aliphatic heterocycles. The second kappa shape index (κ2) is 3.97. The number of hydrogen-bond donors (Lipinski definition) is 1. The van der Waals surface area contributed by atoms with Crippen molar-refractivity contribution in [3.8, 4) is 9.88 Å². The Morgan fingerprint density at radius 3 is 2.94 bits per heavy atom. The van der Waals surface area contributed by atoms with E-state index in [0.29, 0.717) is 6.54 Å². The highest BCUT2D eigenvalue weighted by atomic mass is 32.1. The summed E-state index contributed by atoms with van der Waals surface area (Å²) in [5.41, 5.74) is 7.81. The summed E-state index contributed by atoms with van der Waals surface area (Å²) in [6.45, 7) is 0.571. The Balaban J connectivity index is 2.16. The molecule has 0 spiro atoms. The van der Waals surface area contributed by atoms with E-state index in [2.05, 4.69) is 40.7 Å². The highest BCUT2D eigenvalue weighted by Gasteiger charge is 2.06. The van der Waals surface area contributed by atoms with Crippen molar-refractivity contribution < 1.29 is 0 Å². The predicted octanol–water partition coefficient (Wildman–Crippen LogP) is 3.48. The van der Waals surface area contributed by atoms with Crippen LogP contribution in [0.2, 0.25) is 0 Å². The summed E-state index contributed by atoms with van der Waals surface area (Å²) in [4.78, 5) is 5.87. The van der Waals surface area contributed by atoms with Gasteiger partial charge < -0.3 is 5.73 Å². The molecule has 4 heteroatoms. The van der Waals surface area contributed by atoms with Gasteiger partial charge in [0.1, 0.15) is 5.01 Å². The van der Waals surface area contributed by atoms with E-state index >= 15 is 0 Å². The third-order valence-electron chi connectivity index (χ3n) is 2.42. The molecule has 0 fully saturated rings. The standard InChI is InChI=1S/C12H10N2S2/c13-7-8-3-4-10-9(6-8)14-12(16-10)11-2-1-5-15-11/h1-6H,7,13H2. The van der Waals surface area contributed by atoms with Gasteiger partial charge in [-0.2, -0.15) is 0 Å². The van der Waals surface area contributed by atoms with E-state index < -0.39 is 0 Å². The fourth-order valence-corrected chi connectivity index (χ4v) is 3.35. The number of nitrogens with two attached hydrogens (primary N) is 1. The lowest BCUT2D eigenvalue weighted by atomic mass is 10.2. The Kier molecular flexibility index (Phi) is 2.47. The molecule has 2 N–H and O–H groups in total. The highest BCUT2D eigenvalue weighted by molar-refractivity contribution is 7.25. The Morgan fingerprint density at radius 1 is 1.25 bits per heavy atom. The minimum absolute atomic E-state index is 0.571. The quantitative estimate of drug-likeness (QED) is 0.751. The molecule has 0 saturated heterocycles. The lowest BCUT2D eigenvalue weighted by molar-refractivity contribution is 1.07. The van der Waals surface area contributed by atoms with Crippen LogP contribution < -0.4 is 5.73 Å². The van der Waals surface area contributed by atoms with Crippen molar-refractivity contribution in [3.63, 3.8) is 0 Å². The Labute approximate surface area is 101 Å².